The molecule has 2 aromatic rings. The van der Waals surface area contributed by atoms with Crippen molar-refractivity contribution in [2.45, 2.75) is 19.6 Å². The van der Waals surface area contributed by atoms with Crippen LogP contribution in [0.1, 0.15) is 22.8 Å². The number of ether oxygens (including phenoxy) is 2. The summed E-state index contributed by atoms with van der Waals surface area (Å²) in [6.07, 6.45) is -0.977. The molecular formula is C21H24FN2O4+. The predicted octanol–water partition coefficient (Wildman–Crippen LogP) is 1.42. The second-order valence-corrected chi connectivity index (χ2v) is 6.78. The molecule has 0 saturated carbocycles. The molecule has 2 N–H and O–H groups in total. The summed E-state index contributed by atoms with van der Waals surface area (Å²) >= 11 is 0. The van der Waals surface area contributed by atoms with Gasteiger partial charge in [-0.2, -0.15) is 0 Å². The van der Waals surface area contributed by atoms with Gasteiger partial charge in [0.25, 0.3) is 5.91 Å². The normalized spacial score (nSPS) is 15.6. The van der Waals surface area contributed by atoms with Crippen molar-refractivity contribution >= 4 is 17.6 Å². The topological polar surface area (TPSA) is 69.1 Å². The lowest BCUT2D eigenvalue weighted by molar-refractivity contribution is -0.921. The fraction of sp³-hybridized carbons (Fsp3) is 0.333. The molecule has 0 aromatic heterocycles. The second kappa shape index (κ2) is 9.43. The Balaban J connectivity index is 1.51. The highest BCUT2D eigenvalue weighted by molar-refractivity contribution is 5.97. The van der Waals surface area contributed by atoms with Gasteiger partial charge < -0.3 is 19.7 Å². The molecule has 1 fully saturated rings. The third-order valence-corrected chi connectivity index (χ3v) is 4.61. The van der Waals surface area contributed by atoms with E-state index in [2.05, 4.69) is 5.32 Å². The van der Waals surface area contributed by atoms with Crippen molar-refractivity contribution < 1.29 is 28.4 Å². The summed E-state index contributed by atoms with van der Waals surface area (Å²) in [5, 5.41) is 2.58. The van der Waals surface area contributed by atoms with Crippen LogP contribution in [0, 0.1) is 5.82 Å². The predicted molar refractivity (Wildman–Crippen MR) is 102 cm³/mol. The maximum absolute atomic E-state index is 12.9. The molecule has 1 atom stereocenters. The van der Waals surface area contributed by atoms with Crippen LogP contribution in [0.5, 0.6) is 0 Å². The van der Waals surface area contributed by atoms with Crippen LogP contribution in [0.2, 0.25) is 0 Å². The van der Waals surface area contributed by atoms with Crippen LogP contribution in [0.3, 0.4) is 0 Å². The van der Waals surface area contributed by atoms with Crippen LogP contribution in [-0.4, -0.2) is 44.3 Å². The Bertz CT molecular complexity index is 802. The Morgan fingerprint density at radius 1 is 1.11 bits per heavy atom. The van der Waals surface area contributed by atoms with Crippen LogP contribution < -0.4 is 10.2 Å². The lowest BCUT2D eigenvalue weighted by Gasteiger charge is -2.23. The van der Waals surface area contributed by atoms with Crippen LogP contribution in [0.15, 0.2) is 48.5 Å². The summed E-state index contributed by atoms with van der Waals surface area (Å²) < 4.78 is 23.5. The third kappa shape index (κ3) is 5.61. The maximum atomic E-state index is 12.9. The van der Waals surface area contributed by atoms with Crippen LogP contribution in [0.25, 0.3) is 0 Å². The third-order valence-electron chi connectivity index (χ3n) is 4.61. The number of rotatable bonds is 6. The highest BCUT2D eigenvalue weighted by Gasteiger charge is 2.20. The van der Waals surface area contributed by atoms with Gasteiger partial charge in [0, 0.05) is 11.3 Å². The van der Waals surface area contributed by atoms with E-state index in [9.17, 15) is 14.0 Å². The molecule has 0 bridgehead atoms. The summed E-state index contributed by atoms with van der Waals surface area (Å²) in [5.41, 5.74) is 1.96. The maximum Gasteiger partial charge on any atom is 0.338 e. The molecule has 28 heavy (non-hydrogen) atoms. The van der Waals surface area contributed by atoms with Gasteiger partial charge in [-0.05, 0) is 43.3 Å². The summed E-state index contributed by atoms with van der Waals surface area (Å²) in [6.45, 7) is 5.88. The zero-order valence-corrected chi connectivity index (χ0v) is 15.7. The number of benzene rings is 2. The molecule has 2 aromatic carbocycles. The van der Waals surface area contributed by atoms with Gasteiger partial charge in [0.15, 0.2) is 6.10 Å². The number of carbonyl (C=O) groups excluding carboxylic acids is 2. The first-order valence-corrected chi connectivity index (χ1v) is 9.29. The average Bonchev–Trinajstić information content (AvgIpc) is 2.71. The molecular weight excluding hydrogens is 363 g/mol. The summed E-state index contributed by atoms with van der Waals surface area (Å²) in [4.78, 5) is 25.9. The van der Waals surface area contributed by atoms with Crippen molar-refractivity contribution in [1.82, 2.24) is 0 Å². The van der Waals surface area contributed by atoms with Crippen LogP contribution >= 0.6 is 0 Å². The number of morpholine rings is 1. The number of quaternary nitrogens is 1. The van der Waals surface area contributed by atoms with E-state index in [-0.39, 0.29) is 0 Å². The first-order valence-electron chi connectivity index (χ1n) is 9.29. The Hall–Kier alpha value is -2.77. The molecule has 0 spiro atoms. The minimum atomic E-state index is -0.977. The molecule has 0 radical (unpaired) electrons. The zero-order chi connectivity index (χ0) is 19.9. The zero-order valence-electron chi connectivity index (χ0n) is 15.7. The van der Waals surface area contributed by atoms with E-state index in [1.54, 1.807) is 12.1 Å². The van der Waals surface area contributed by atoms with Crippen molar-refractivity contribution in [3.8, 4) is 0 Å². The first kappa shape index (κ1) is 20.0. The SMILES string of the molecule is C[C@@H](OC(=O)c1ccc(C[NH+]2CCOCC2)cc1)C(=O)Nc1ccc(F)cc1. The number of anilines is 1. The summed E-state index contributed by atoms with van der Waals surface area (Å²) in [5.74, 6) is -1.43. The molecule has 1 heterocycles. The van der Waals surface area contributed by atoms with E-state index >= 15 is 0 Å². The highest BCUT2D eigenvalue weighted by Crippen LogP contribution is 2.11. The Labute approximate surface area is 163 Å². The van der Waals surface area contributed by atoms with Gasteiger partial charge in [0.2, 0.25) is 0 Å². The number of esters is 1. The standard InChI is InChI=1S/C21H23FN2O4/c1-15(20(25)23-19-8-6-18(22)7-9-19)28-21(26)17-4-2-16(3-5-17)14-24-10-12-27-13-11-24/h2-9,15H,10-14H2,1H3,(H,23,25)/p+1/t15-/m1/s1. The van der Waals surface area contributed by atoms with Crippen molar-refractivity contribution in [1.29, 1.82) is 0 Å². The highest BCUT2D eigenvalue weighted by atomic mass is 19.1. The molecule has 1 amide bonds. The Morgan fingerprint density at radius 3 is 2.39 bits per heavy atom. The quantitative estimate of drug-likeness (QED) is 0.736. The van der Waals surface area contributed by atoms with Gasteiger partial charge >= 0.3 is 5.97 Å². The van der Waals surface area contributed by atoms with E-state index in [0.29, 0.717) is 11.3 Å². The number of nitrogens with one attached hydrogen (secondary N) is 2. The smallest absolute Gasteiger partial charge is 0.338 e. The van der Waals surface area contributed by atoms with Gasteiger partial charge in [0.05, 0.1) is 18.8 Å². The number of halogens is 1. The first-order chi connectivity index (χ1) is 13.5. The van der Waals surface area contributed by atoms with E-state index in [1.165, 1.54) is 36.1 Å². The molecule has 6 nitrogen and oxygen atoms in total. The average molecular weight is 387 g/mol. The van der Waals surface area contributed by atoms with Gasteiger partial charge in [-0.15, -0.1) is 0 Å². The van der Waals surface area contributed by atoms with E-state index in [0.717, 1.165) is 38.4 Å². The number of hydrogen-bond donors (Lipinski definition) is 2. The molecule has 148 valence electrons. The molecule has 1 saturated heterocycles. The van der Waals surface area contributed by atoms with Crippen LogP contribution in [0.4, 0.5) is 10.1 Å². The van der Waals surface area contributed by atoms with E-state index in [1.807, 2.05) is 12.1 Å². The van der Waals surface area contributed by atoms with Gasteiger partial charge in [-0.3, -0.25) is 4.79 Å². The number of hydrogen-bond acceptors (Lipinski definition) is 4. The number of amides is 1. The minimum absolute atomic E-state index is 0.391. The molecule has 3 rings (SSSR count). The van der Waals surface area contributed by atoms with E-state index in [4.69, 9.17) is 9.47 Å². The summed E-state index contributed by atoms with van der Waals surface area (Å²) in [7, 11) is 0. The number of carbonyl (C=O) groups is 2. The molecule has 7 heteroatoms. The second-order valence-electron chi connectivity index (χ2n) is 6.78. The van der Waals surface area contributed by atoms with Gasteiger partial charge in [-0.25, -0.2) is 9.18 Å². The largest absolute Gasteiger partial charge is 0.449 e. The fourth-order valence-electron chi connectivity index (χ4n) is 2.94. The molecule has 0 unspecified atom stereocenters. The van der Waals surface area contributed by atoms with Gasteiger partial charge in [-0.1, -0.05) is 12.1 Å². The Kier molecular flexibility index (Phi) is 6.73. The molecule has 0 aliphatic carbocycles. The van der Waals surface area contributed by atoms with E-state index < -0.39 is 23.8 Å². The van der Waals surface area contributed by atoms with Crippen molar-refractivity contribution in [3.05, 3.63) is 65.5 Å². The minimum Gasteiger partial charge on any atom is -0.449 e. The van der Waals surface area contributed by atoms with Crippen molar-refractivity contribution in [2.24, 2.45) is 0 Å². The molecule has 1 aliphatic heterocycles. The Morgan fingerprint density at radius 2 is 1.75 bits per heavy atom. The van der Waals surface area contributed by atoms with Crippen molar-refractivity contribution in [3.63, 3.8) is 0 Å². The lowest BCUT2D eigenvalue weighted by Crippen LogP contribution is -3.12. The van der Waals surface area contributed by atoms with Gasteiger partial charge in [0.1, 0.15) is 25.5 Å². The summed E-state index contributed by atoms with van der Waals surface area (Å²) in [6, 6.07) is 12.6. The van der Waals surface area contributed by atoms with Crippen LogP contribution in [-0.2, 0) is 20.8 Å². The molecule has 1 aliphatic rings. The lowest BCUT2D eigenvalue weighted by atomic mass is 10.1. The monoisotopic (exact) mass is 387 g/mol. The fourth-order valence-corrected chi connectivity index (χ4v) is 2.94. The van der Waals surface area contributed by atoms with Crippen molar-refractivity contribution in [2.75, 3.05) is 31.6 Å².